The average molecular weight is 287 g/mol. The lowest BCUT2D eigenvalue weighted by molar-refractivity contribution is 0.0709. The SMILES string of the molecule is C[C@@H]1CN(C(=O)c2cccc(CN3CCCC3)c2)CCN1. The predicted octanol–water partition coefficient (Wildman–Crippen LogP) is 1.72. The van der Waals surface area contributed by atoms with Crippen LogP contribution in [0.25, 0.3) is 0 Å². The van der Waals surface area contributed by atoms with E-state index >= 15 is 0 Å². The molecule has 2 aliphatic rings. The molecule has 4 nitrogen and oxygen atoms in total. The van der Waals surface area contributed by atoms with Crippen LogP contribution in [0, 0.1) is 0 Å². The van der Waals surface area contributed by atoms with Crippen molar-refractivity contribution >= 4 is 5.91 Å². The zero-order valence-electron chi connectivity index (χ0n) is 12.8. The molecule has 0 spiro atoms. The van der Waals surface area contributed by atoms with Gasteiger partial charge >= 0.3 is 0 Å². The number of nitrogens with zero attached hydrogens (tertiary/aromatic N) is 2. The zero-order chi connectivity index (χ0) is 14.7. The molecule has 0 radical (unpaired) electrons. The number of carbonyl (C=O) groups excluding carboxylic acids is 1. The maximum Gasteiger partial charge on any atom is 0.253 e. The molecule has 0 unspecified atom stereocenters. The molecule has 0 aliphatic carbocycles. The molecule has 1 N–H and O–H groups in total. The summed E-state index contributed by atoms with van der Waals surface area (Å²) in [6.45, 7) is 7.97. The van der Waals surface area contributed by atoms with Gasteiger partial charge in [-0.15, -0.1) is 0 Å². The van der Waals surface area contributed by atoms with E-state index in [2.05, 4.69) is 29.3 Å². The highest BCUT2D eigenvalue weighted by Crippen LogP contribution is 2.15. The van der Waals surface area contributed by atoms with E-state index in [0.29, 0.717) is 6.04 Å². The standard InChI is InChI=1S/C17H25N3O/c1-14-12-20(10-7-18-14)17(21)16-6-4-5-15(11-16)13-19-8-2-3-9-19/h4-6,11,14,18H,2-3,7-10,12-13H2,1H3/t14-/m1/s1. The first-order chi connectivity index (χ1) is 10.2. The van der Waals surface area contributed by atoms with Crippen LogP contribution in [-0.4, -0.2) is 54.5 Å². The van der Waals surface area contributed by atoms with Crippen LogP contribution in [0.2, 0.25) is 0 Å². The molecule has 1 amide bonds. The molecule has 1 atom stereocenters. The average Bonchev–Trinajstić information content (AvgIpc) is 3.00. The molecule has 3 rings (SSSR count). The Bertz CT molecular complexity index is 497. The molecule has 21 heavy (non-hydrogen) atoms. The van der Waals surface area contributed by atoms with Crippen molar-refractivity contribution in [2.24, 2.45) is 0 Å². The third kappa shape index (κ3) is 3.63. The molecule has 0 bridgehead atoms. The van der Waals surface area contributed by atoms with Gasteiger partial charge in [-0.1, -0.05) is 12.1 Å². The van der Waals surface area contributed by atoms with Gasteiger partial charge in [0.15, 0.2) is 0 Å². The fourth-order valence-corrected chi connectivity index (χ4v) is 3.30. The number of benzene rings is 1. The van der Waals surface area contributed by atoms with E-state index in [0.717, 1.165) is 31.7 Å². The summed E-state index contributed by atoms with van der Waals surface area (Å²) in [6, 6.07) is 8.56. The van der Waals surface area contributed by atoms with Gasteiger partial charge in [-0.05, 0) is 50.6 Å². The number of piperazine rings is 1. The minimum absolute atomic E-state index is 0.173. The van der Waals surface area contributed by atoms with E-state index in [4.69, 9.17) is 0 Å². The van der Waals surface area contributed by atoms with Crippen LogP contribution in [0.15, 0.2) is 24.3 Å². The van der Waals surface area contributed by atoms with Crippen molar-refractivity contribution in [3.05, 3.63) is 35.4 Å². The lowest BCUT2D eigenvalue weighted by Gasteiger charge is -2.32. The van der Waals surface area contributed by atoms with Crippen molar-refractivity contribution < 1.29 is 4.79 Å². The molecule has 2 aliphatic heterocycles. The van der Waals surface area contributed by atoms with E-state index in [1.165, 1.54) is 31.5 Å². The number of nitrogens with one attached hydrogen (secondary N) is 1. The third-order valence-electron chi connectivity index (χ3n) is 4.43. The molecule has 4 heteroatoms. The van der Waals surface area contributed by atoms with Crippen molar-refractivity contribution in [3.8, 4) is 0 Å². The number of hydrogen-bond acceptors (Lipinski definition) is 3. The van der Waals surface area contributed by atoms with Crippen molar-refractivity contribution in [1.82, 2.24) is 15.1 Å². The van der Waals surface area contributed by atoms with Crippen molar-refractivity contribution in [2.45, 2.75) is 32.4 Å². The third-order valence-corrected chi connectivity index (χ3v) is 4.43. The monoisotopic (exact) mass is 287 g/mol. The largest absolute Gasteiger partial charge is 0.336 e. The first-order valence-corrected chi connectivity index (χ1v) is 8.06. The summed E-state index contributed by atoms with van der Waals surface area (Å²) in [7, 11) is 0. The molecule has 0 saturated carbocycles. The zero-order valence-corrected chi connectivity index (χ0v) is 12.8. The van der Waals surface area contributed by atoms with Crippen LogP contribution in [0.1, 0.15) is 35.7 Å². The first kappa shape index (κ1) is 14.5. The summed E-state index contributed by atoms with van der Waals surface area (Å²) in [5, 5.41) is 3.38. The van der Waals surface area contributed by atoms with Gasteiger partial charge < -0.3 is 10.2 Å². The fourth-order valence-electron chi connectivity index (χ4n) is 3.30. The number of likely N-dealkylation sites (tertiary alicyclic amines) is 1. The highest BCUT2D eigenvalue weighted by Gasteiger charge is 2.22. The molecule has 1 aromatic rings. The quantitative estimate of drug-likeness (QED) is 0.919. The second kappa shape index (κ2) is 6.58. The Morgan fingerprint density at radius 3 is 2.86 bits per heavy atom. The number of carbonyl (C=O) groups is 1. The summed E-state index contributed by atoms with van der Waals surface area (Å²) >= 11 is 0. The van der Waals surface area contributed by atoms with E-state index < -0.39 is 0 Å². The van der Waals surface area contributed by atoms with Crippen LogP contribution in [-0.2, 0) is 6.54 Å². The summed E-state index contributed by atoms with van der Waals surface area (Å²) in [4.78, 5) is 17.1. The second-order valence-electron chi connectivity index (χ2n) is 6.29. The Morgan fingerprint density at radius 1 is 1.29 bits per heavy atom. The second-order valence-corrected chi connectivity index (χ2v) is 6.29. The van der Waals surface area contributed by atoms with Gasteiger partial charge in [0.25, 0.3) is 5.91 Å². The minimum atomic E-state index is 0.173. The highest BCUT2D eigenvalue weighted by atomic mass is 16.2. The van der Waals surface area contributed by atoms with E-state index in [1.54, 1.807) is 0 Å². The van der Waals surface area contributed by atoms with Gasteiger partial charge in [-0.25, -0.2) is 0 Å². The summed E-state index contributed by atoms with van der Waals surface area (Å²) in [6.07, 6.45) is 2.61. The topological polar surface area (TPSA) is 35.6 Å². The summed E-state index contributed by atoms with van der Waals surface area (Å²) in [5.74, 6) is 0.173. The molecule has 1 aromatic carbocycles. The lowest BCUT2D eigenvalue weighted by Crippen LogP contribution is -2.51. The van der Waals surface area contributed by atoms with Crippen LogP contribution in [0.3, 0.4) is 0 Å². The Labute approximate surface area is 127 Å². The van der Waals surface area contributed by atoms with Crippen molar-refractivity contribution in [1.29, 1.82) is 0 Å². The van der Waals surface area contributed by atoms with Gasteiger partial charge in [0.2, 0.25) is 0 Å². The van der Waals surface area contributed by atoms with Crippen molar-refractivity contribution in [3.63, 3.8) is 0 Å². The van der Waals surface area contributed by atoms with E-state index in [1.807, 2.05) is 17.0 Å². The molecule has 2 heterocycles. The summed E-state index contributed by atoms with van der Waals surface area (Å²) in [5.41, 5.74) is 2.09. The van der Waals surface area contributed by atoms with Crippen molar-refractivity contribution in [2.75, 3.05) is 32.7 Å². The highest BCUT2D eigenvalue weighted by molar-refractivity contribution is 5.94. The molecule has 0 aromatic heterocycles. The number of hydrogen-bond donors (Lipinski definition) is 1. The molecule has 114 valence electrons. The molecule has 2 fully saturated rings. The number of rotatable bonds is 3. The minimum Gasteiger partial charge on any atom is -0.336 e. The number of amides is 1. The van der Waals surface area contributed by atoms with Crippen LogP contribution in [0.4, 0.5) is 0 Å². The van der Waals surface area contributed by atoms with Crippen LogP contribution >= 0.6 is 0 Å². The Morgan fingerprint density at radius 2 is 2.10 bits per heavy atom. The van der Waals surface area contributed by atoms with Crippen LogP contribution in [0.5, 0.6) is 0 Å². The molecular formula is C17H25N3O. The summed E-state index contributed by atoms with van der Waals surface area (Å²) < 4.78 is 0. The first-order valence-electron chi connectivity index (χ1n) is 8.06. The van der Waals surface area contributed by atoms with Gasteiger partial charge in [-0.3, -0.25) is 9.69 Å². The Hall–Kier alpha value is -1.39. The molecule has 2 saturated heterocycles. The van der Waals surface area contributed by atoms with E-state index in [9.17, 15) is 4.79 Å². The predicted molar refractivity (Wildman–Crippen MR) is 84.3 cm³/mol. The van der Waals surface area contributed by atoms with E-state index in [-0.39, 0.29) is 5.91 Å². The van der Waals surface area contributed by atoms with Crippen LogP contribution < -0.4 is 5.32 Å². The van der Waals surface area contributed by atoms with Gasteiger partial charge in [-0.2, -0.15) is 0 Å². The molecular weight excluding hydrogens is 262 g/mol. The lowest BCUT2D eigenvalue weighted by atomic mass is 10.1. The van der Waals surface area contributed by atoms with Gasteiger partial charge in [0.05, 0.1) is 0 Å². The van der Waals surface area contributed by atoms with Gasteiger partial charge in [0.1, 0.15) is 0 Å². The maximum absolute atomic E-state index is 12.6. The maximum atomic E-state index is 12.6. The Balaban J connectivity index is 1.68. The normalized spacial score (nSPS) is 23.5. The Kier molecular flexibility index (Phi) is 4.56. The fraction of sp³-hybridized carbons (Fsp3) is 0.588. The smallest absolute Gasteiger partial charge is 0.253 e. The van der Waals surface area contributed by atoms with Gasteiger partial charge in [0, 0.05) is 37.8 Å².